The summed E-state index contributed by atoms with van der Waals surface area (Å²) in [6, 6.07) is 6.87. The van der Waals surface area contributed by atoms with Crippen molar-refractivity contribution in [1.82, 2.24) is 4.98 Å². The fourth-order valence-electron chi connectivity index (χ4n) is 2.71. The maximum absolute atomic E-state index is 13.6. The Kier molecular flexibility index (Phi) is 6.83. The van der Waals surface area contributed by atoms with Gasteiger partial charge in [0.15, 0.2) is 11.6 Å². The van der Waals surface area contributed by atoms with E-state index < -0.39 is 40.6 Å². The Labute approximate surface area is 186 Å². The highest BCUT2D eigenvalue weighted by Gasteiger charge is 2.27. The third-order valence-electron chi connectivity index (χ3n) is 4.78. The molecule has 1 heterocycles. The highest BCUT2D eigenvalue weighted by atomic mass is 32.1. The minimum absolute atomic E-state index is 0.353. The van der Waals surface area contributed by atoms with Gasteiger partial charge in [0, 0.05) is 30.4 Å². The van der Waals surface area contributed by atoms with Crippen molar-refractivity contribution in [3.8, 4) is 10.4 Å². The molecule has 0 fully saturated rings. The average Bonchev–Trinajstić information content (AvgIpc) is 3.20. The van der Waals surface area contributed by atoms with E-state index in [1.807, 2.05) is 0 Å². The predicted molar refractivity (Wildman–Crippen MR) is 116 cm³/mol. The summed E-state index contributed by atoms with van der Waals surface area (Å²) in [5.74, 6) is -4.57. The molecule has 0 atom stereocenters. The topological polar surface area (TPSA) is 91.3 Å². The van der Waals surface area contributed by atoms with Crippen molar-refractivity contribution < 1.29 is 27.9 Å². The van der Waals surface area contributed by atoms with Gasteiger partial charge in [0.25, 0.3) is 0 Å². The van der Waals surface area contributed by atoms with Gasteiger partial charge in [-0.3, -0.25) is 4.79 Å². The number of aryl methyl sites for hydroxylation is 1. The van der Waals surface area contributed by atoms with Gasteiger partial charge in [0.1, 0.15) is 5.82 Å². The average molecular weight is 463 g/mol. The SMILES string of the molecule is CC(C)(CCc1ncc(-c2ccc(NC(=O)Nc3cc(F)c(F)cc3F)cc2)s1)C(=O)O. The van der Waals surface area contributed by atoms with Gasteiger partial charge in [0.2, 0.25) is 0 Å². The van der Waals surface area contributed by atoms with E-state index in [4.69, 9.17) is 0 Å². The van der Waals surface area contributed by atoms with Crippen LogP contribution in [0.4, 0.5) is 29.3 Å². The van der Waals surface area contributed by atoms with Crippen molar-refractivity contribution in [3.63, 3.8) is 0 Å². The number of aromatic nitrogens is 1. The maximum Gasteiger partial charge on any atom is 0.323 e. The summed E-state index contributed by atoms with van der Waals surface area (Å²) in [6.45, 7) is 3.35. The number of carboxylic acids is 1. The molecule has 3 aromatic rings. The lowest BCUT2D eigenvalue weighted by atomic mass is 9.88. The van der Waals surface area contributed by atoms with E-state index in [1.165, 1.54) is 11.3 Å². The second-order valence-electron chi connectivity index (χ2n) is 7.71. The first-order chi connectivity index (χ1) is 15.0. The Bertz CT molecular complexity index is 1150. The van der Waals surface area contributed by atoms with Gasteiger partial charge in [-0.05, 0) is 38.0 Å². The minimum Gasteiger partial charge on any atom is -0.481 e. The molecule has 1 aromatic heterocycles. The van der Waals surface area contributed by atoms with Crippen LogP contribution in [0.15, 0.2) is 42.6 Å². The van der Waals surface area contributed by atoms with Crippen LogP contribution in [0.3, 0.4) is 0 Å². The number of benzene rings is 2. The fourth-order valence-corrected chi connectivity index (χ4v) is 3.63. The normalized spacial score (nSPS) is 11.3. The molecule has 2 aromatic carbocycles. The van der Waals surface area contributed by atoms with Crippen molar-refractivity contribution >= 4 is 34.7 Å². The Balaban J connectivity index is 1.61. The lowest BCUT2D eigenvalue weighted by molar-refractivity contribution is -0.147. The third-order valence-corrected chi connectivity index (χ3v) is 5.89. The molecular weight excluding hydrogens is 443 g/mol. The van der Waals surface area contributed by atoms with E-state index in [9.17, 15) is 27.9 Å². The molecule has 0 unspecified atom stereocenters. The van der Waals surface area contributed by atoms with Crippen LogP contribution in [0, 0.1) is 22.9 Å². The zero-order valence-electron chi connectivity index (χ0n) is 17.2. The Morgan fingerprint density at radius 2 is 1.69 bits per heavy atom. The van der Waals surface area contributed by atoms with Crippen LogP contribution >= 0.6 is 11.3 Å². The molecule has 0 aliphatic heterocycles. The number of carboxylic acid groups (broad SMARTS) is 1. The number of anilines is 2. The largest absolute Gasteiger partial charge is 0.481 e. The van der Waals surface area contributed by atoms with E-state index in [0.717, 1.165) is 15.4 Å². The van der Waals surface area contributed by atoms with Crippen LogP contribution in [0.1, 0.15) is 25.3 Å². The van der Waals surface area contributed by atoms with Gasteiger partial charge in [-0.2, -0.15) is 0 Å². The van der Waals surface area contributed by atoms with Gasteiger partial charge in [-0.15, -0.1) is 11.3 Å². The minimum atomic E-state index is -1.35. The van der Waals surface area contributed by atoms with E-state index in [-0.39, 0.29) is 0 Å². The van der Waals surface area contributed by atoms with E-state index in [0.29, 0.717) is 30.7 Å². The molecule has 0 aliphatic carbocycles. The summed E-state index contributed by atoms with van der Waals surface area (Å²) in [6.07, 6.45) is 2.71. The van der Waals surface area contributed by atoms with Crippen LogP contribution in [-0.4, -0.2) is 22.1 Å². The number of thiazole rings is 1. The van der Waals surface area contributed by atoms with E-state index in [2.05, 4.69) is 15.6 Å². The smallest absolute Gasteiger partial charge is 0.323 e. The molecule has 0 aliphatic rings. The monoisotopic (exact) mass is 463 g/mol. The number of hydrogen-bond donors (Lipinski definition) is 3. The van der Waals surface area contributed by atoms with Crippen LogP contribution in [0.2, 0.25) is 0 Å². The quantitative estimate of drug-likeness (QED) is 0.380. The molecule has 0 radical (unpaired) electrons. The van der Waals surface area contributed by atoms with E-state index in [1.54, 1.807) is 44.3 Å². The van der Waals surface area contributed by atoms with E-state index >= 15 is 0 Å². The van der Waals surface area contributed by atoms with Crippen molar-refractivity contribution in [1.29, 1.82) is 0 Å². The summed E-state index contributed by atoms with van der Waals surface area (Å²) in [7, 11) is 0. The number of rotatable bonds is 7. The highest BCUT2D eigenvalue weighted by Crippen LogP contribution is 2.30. The Morgan fingerprint density at radius 3 is 2.34 bits per heavy atom. The van der Waals surface area contributed by atoms with Gasteiger partial charge in [-0.25, -0.2) is 22.9 Å². The van der Waals surface area contributed by atoms with Crippen LogP contribution in [0.25, 0.3) is 10.4 Å². The first-order valence-corrected chi connectivity index (χ1v) is 10.4. The number of nitrogens with one attached hydrogen (secondary N) is 2. The van der Waals surface area contributed by atoms with Crippen molar-refractivity contribution in [2.45, 2.75) is 26.7 Å². The summed E-state index contributed by atoms with van der Waals surface area (Å²) in [4.78, 5) is 28.5. The Hall–Kier alpha value is -3.40. The van der Waals surface area contributed by atoms with Crippen molar-refractivity contribution in [2.75, 3.05) is 10.6 Å². The summed E-state index contributed by atoms with van der Waals surface area (Å²) in [5, 5.41) is 14.6. The lowest BCUT2D eigenvalue weighted by Gasteiger charge is -2.17. The summed E-state index contributed by atoms with van der Waals surface area (Å²) in [5.41, 5.74) is -0.0604. The molecule has 3 rings (SSSR count). The Morgan fingerprint density at radius 1 is 1.03 bits per heavy atom. The first kappa shape index (κ1) is 23.3. The molecule has 0 bridgehead atoms. The highest BCUT2D eigenvalue weighted by molar-refractivity contribution is 7.15. The molecule has 168 valence electrons. The van der Waals surface area contributed by atoms with Crippen LogP contribution in [0.5, 0.6) is 0 Å². The second kappa shape index (κ2) is 9.39. The number of aliphatic carboxylic acids is 1. The zero-order chi connectivity index (χ0) is 23.5. The molecule has 0 saturated heterocycles. The van der Waals surface area contributed by atoms with Crippen LogP contribution < -0.4 is 10.6 Å². The van der Waals surface area contributed by atoms with Gasteiger partial charge < -0.3 is 15.7 Å². The molecule has 32 heavy (non-hydrogen) atoms. The predicted octanol–water partition coefficient (Wildman–Crippen LogP) is 5.91. The third kappa shape index (κ3) is 5.64. The van der Waals surface area contributed by atoms with Gasteiger partial charge >= 0.3 is 12.0 Å². The number of carbonyl (C=O) groups is 2. The lowest BCUT2D eigenvalue weighted by Crippen LogP contribution is -2.24. The fraction of sp³-hybridized carbons (Fsp3) is 0.227. The molecular formula is C22H20F3N3O3S. The van der Waals surface area contributed by atoms with Crippen molar-refractivity contribution in [2.24, 2.45) is 5.41 Å². The second-order valence-corrected chi connectivity index (χ2v) is 8.83. The molecule has 0 spiro atoms. The number of urea groups is 1. The number of nitrogens with zero attached hydrogens (tertiary/aromatic N) is 1. The number of carbonyl (C=O) groups excluding carboxylic acids is 1. The molecule has 10 heteroatoms. The van der Waals surface area contributed by atoms with Gasteiger partial charge in [0.05, 0.1) is 21.0 Å². The number of amides is 2. The summed E-state index contributed by atoms with van der Waals surface area (Å²) < 4.78 is 39.9. The molecule has 0 saturated carbocycles. The molecule has 2 amide bonds. The zero-order valence-corrected chi connectivity index (χ0v) is 18.0. The van der Waals surface area contributed by atoms with Gasteiger partial charge in [-0.1, -0.05) is 12.1 Å². The maximum atomic E-state index is 13.6. The standard InChI is InChI=1S/C22H20F3N3O3S/c1-22(2,20(29)30)8-7-19-26-11-18(32-19)12-3-5-13(6-4-12)27-21(31)28-17-10-15(24)14(23)9-16(17)25/h3-6,9-11H,7-8H2,1-2H3,(H,29,30)(H2,27,28,31). The van der Waals surface area contributed by atoms with Crippen molar-refractivity contribution in [3.05, 3.63) is 65.1 Å². The summed E-state index contributed by atoms with van der Waals surface area (Å²) >= 11 is 1.45. The first-order valence-electron chi connectivity index (χ1n) is 9.56. The molecule has 3 N–H and O–H groups in total. The molecule has 6 nitrogen and oxygen atoms in total. The number of halogens is 3. The number of hydrogen-bond acceptors (Lipinski definition) is 4. The van der Waals surface area contributed by atoms with Crippen LogP contribution in [-0.2, 0) is 11.2 Å².